The van der Waals surface area contributed by atoms with Crippen LogP contribution in [-0.2, 0) is 4.74 Å². The molecule has 1 aliphatic heterocycles. The van der Waals surface area contributed by atoms with Crippen LogP contribution in [0.25, 0.3) is 0 Å². The van der Waals surface area contributed by atoms with Crippen LogP contribution in [0.3, 0.4) is 0 Å². The monoisotopic (exact) mass is 292 g/mol. The van der Waals surface area contributed by atoms with Crippen molar-refractivity contribution in [2.75, 3.05) is 25.4 Å². The van der Waals surface area contributed by atoms with Crippen LogP contribution in [0.1, 0.15) is 26.3 Å². The highest BCUT2D eigenvalue weighted by atomic mass is 16.6. The zero-order chi connectivity index (χ0) is 15.6. The van der Waals surface area contributed by atoms with Crippen molar-refractivity contribution in [3.8, 4) is 5.75 Å². The van der Waals surface area contributed by atoms with E-state index < -0.39 is 5.60 Å². The summed E-state index contributed by atoms with van der Waals surface area (Å²) in [6, 6.07) is 5.75. The second-order valence-electron chi connectivity index (χ2n) is 6.60. The second-order valence-corrected chi connectivity index (χ2v) is 6.60. The lowest BCUT2D eigenvalue weighted by atomic mass is 10.0. The highest BCUT2D eigenvalue weighted by Gasteiger charge is 2.34. The van der Waals surface area contributed by atoms with Crippen molar-refractivity contribution in [2.24, 2.45) is 5.92 Å². The van der Waals surface area contributed by atoms with Crippen LogP contribution in [0.2, 0.25) is 0 Å². The van der Waals surface area contributed by atoms with Crippen molar-refractivity contribution in [1.29, 1.82) is 0 Å². The Morgan fingerprint density at radius 1 is 1.38 bits per heavy atom. The van der Waals surface area contributed by atoms with Crippen LogP contribution in [0.5, 0.6) is 5.75 Å². The van der Waals surface area contributed by atoms with Crippen molar-refractivity contribution in [2.45, 2.75) is 33.3 Å². The number of anilines is 1. The van der Waals surface area contributed by atoms with E-state index in [2.05, 4.69) is 0 Å². The zero-order valence-electron chi connectivity index (χ0n) is 13.2. The summed E-state index contributed by atoms with van der Waals surface area (Å²) in [4.78, 5) is 13.5. The average molecular weight is 292 g/mol. The lowest BCUT2D eigenvalue weighted by Gasteiger charge is -2.39. The van der Waals surface area contributed by atoms with E-state index in [0.29, 0.717) is 37.1 Å². The Hall–Kier alpha value is -1.91. The van der Waals surface area contributed by atoms with E-state index in [1.54, 1.807) is 4.90 Å². The van der Waals surface area contributed by atoms with Gasteiger partial charge in [-0.25, -0.2) is 4.79 Å². The fourth-order valence-electron chi connectivity index (χ4n) is 2.16. The van der Waals surface area contributed by atoms with E-state index in [0.717, 1.165) is 5.56 Å². The van der Waals surface area contributed by atoms with Crippen molar-refractivity contribution in [3.05, 3.63) is 23.8 Å². The number of hydrogen-bond donors (Lipinski definition) is 1. The van der Waals surface area contributed by atoms with E-state index in [4.69, 9.17) is 15.2 Å². The smallest absolute Gasteiger partial charge is 0.410 e. The molecule has 0 unspecified atom stereocenters. The first-order valence-electron chi connectivity index (χ1n) is 7.21. The molecule has 5 heteroatoms. The Balaban J connectivity index is 1.75. The molecular weight excluding hydrogens is 268 g/mol. The Kier molecular flexibility index (Phi) is 4.30. The van der Waals surface area contributed by atoms with E-state index in [1.165, 1.54) is 0 Å². The van der Waals surface area contributed by atoms with Gasteiger partial charge in [-0.3, -0.25) is 0 Å². The van der Waals surface area contributed by atoms with Gasteiger partial charge in [-0.05, 0) is 45.4 Å². The third-order valence-corrected chi connectivity index (χ3v) is 3.25. The van der Waals surface area contributed by atoms with Crippen LogP contribution < -0.4 is 10.5 Å². The number of rotatable bonds is 3. The third kappa shape index (κ3) is 4.28. The molecule has 21 heavy (non-hydrogen) atoms. The molecule has 1 saturated heterocycles. The Morgan fingerprint density at radius 2 is 2.05 bits per heavy atom. The summed E-state index contributed by atoms with van der Waals surface area (Å²) in [5.41, 5.74) is 7.22. The Labute approximate surface area is 126 Å². The number of amides is 1. The third-order valence-electron chi connectivity index (χ3n) is 3.25. The van der Waals surface area contributed by atoms with E-state index in [9.17, 15) is 4.79 Å². The van der Waals surface area contributed by atoms with Crippen LogP contribution >= 0.6 is 0 Å². The molecule has 1 aromatic carbocycles. The zero-order valence-corrected chi connectivity index (χ0v) is 13.2. The predicted molar refractivity (Wildman–Crippen MR) is 82.4 cm³/mol. The minimum atomic E-state index is -0.449. The van der Waals surface area contributed by atoms with Crippen molar-refractivity contribution in [1.82, 2.24) is 4.90 Å². The number of aryl methyl sites for hydroxylation is 1. The highest BCUT2D eigenvalue weighted by Crippen LogP contribution is 2.25. The van der Waals surface area contributed by atoms with Gasteiger partial charge in [-0.15, -0.1) is 0 Å². The molecule has 2 N–H and O–H groups in total. The van der Waals surface area contributed by atoms with Crippen LogP contribution in [0.4, 0.5) is 10.5 Å². The van der Waals surface area contributed by atoms with Gasteiger partial charge in [-0.2, -0.15) is 0 Å². The molecule has 1 heterocycles. The molecule has 0 aromatic heterocycles. The van der Waals surface area contributed by atoms with Crippen molar-refractivity contribution < 1.29 is 14.3 Å². The maximum Gasteiger partial charge on any atom is 0.410 e. The molecule has 0 spiro atoms. The fourth-order valence-corrected chi connectivity index (χ4v) is 2.16. The second kappa shape index (κ2) is 5.84. The Morgan fingerprint density at radius 3 is 2.62 bits per heavy atom. The number of likely N-dealkylation sites (tertiary alicyclic amines) is 1. The summed E-state index contributed by atoms with van der Waals surface area (Å²) in [6.45, 7) is 9.49. The predicted octanol–water partition coefficient (Wildman–Crippen LogP) is 2.82. The number of benzene rings is 1. The number of nitrogens with zero attached hydrogens (tertiary/aromatic N) is 1. The van der Waals surface area contributed by atoms with Gasteiger partial charge in [0.15, 0.2) is 0 Å². The Bertz CT molecular complexity index is 517. The van der Waals surface area contributed by atoms with Gasteiger partial charge in [-0.1, -0.05) is 6.07 Å². The quantitative estimate of drug-likeness (QED) is 0.870. The molecule has 116 valence electrons. The summed E-state index contributed by atoms with van der Waals surface area (Å²) in [5, 5.41) is 0. The molecule has 0 aliphatic carbocycles. The number of nitrogen functional groups attached to an aromatic ring is 1. The summed E-state index contributed by atoms with van der Waals surface area (Å²) in [5.74, 6) is 1.04. The maximum atomic E-state index is 11.8. The lowest BCUT2D eigenvalue weighted by Crippen LogP contribution is -2.53. The number of hydrogen-bond acceptors (Lipinski definition) is 4. The molecule has 0 bridgehead atoms. The van der Waals surface area contributed by atoms with Crippen LogP contribution in [0.15, 0.2) is 18.2 Å². The molecule has 0 radical (unpaired) electrons. The molecule has 1 aromatic rings. The first-order valence-corrected chi connectivity index (χ1v) is 7.21. The number of carbonyl (C=O) groups excluding carboxylic acids is 1. The molecule has 1 aliphatic rings. The first-order chi connectivity index (χ1) is 9.74. The summed E-state index contributed by atoms with van der Waals surface area (Å²) >= 11 is 0. The number of nitrogens with two attached hydrogens (primary N) is 1. The summed E-state index contributed by atoms with van der Waals surface area (Å²) in [6.07, 6.45) is -0.256. The SMILES string of the molecule is Cc1ccc(OCC2CN(C(=O)OC(C)(C)C)C2)c(N)c1. The van der Waals surface area contributed by atoms with Gasteiger partial charge < -0.3 is 20.1 Å². The van der Waals surface area contributed by atoms with E-state index >= 15 is 0 Å². The normalized spacial score (nSPS) is 15.5. The largest absolute Gasteiger partial charge is 0.491 e. The van der Waals surface area contributed by atoms with Gasteiger partial charge >= 0.3 is 6.09 Å². The highest BCUT2D eigenvalue weighted by molar-refractivity contribution is 5.69. The molecular formula is C16H24N2O3. The summed E-state index contributed by atoms with van der Waals surface area (Å²) < 4.78 is 11.0. The lowest BCUT2D eigenvalue weighted by molar-refractivity contribution is -0.00777. The molecule has 1 fully saturated rings. The number of carbonyl (C=O) groups is 1. The van der Waals surface area contributed by atoms with Gasteiger partial charge in [0.2, 0.25) is 0 Å². The number of ether oxygens (including phenoxy) is 2. The molecule has 0 atom stereocenters. The average Bonchev–Trinajstić information content (AvgIpc) is 2.27. The minimum absolute atomic E-state index is 0.256. The van der Waals surface area contributed by atoms with Crippen LogP contribution in [-0.4, -0.2) is 36.3 Å². The molecule has 2 rings (SSSR count). The van der Waals surface area contributed by atoms with Gasteiger partial charge in [0.25, 0.3) is 0 Å². The van der Waals surface area contributed by atoms with Gasteiger partial charge in [0, 0.05) is 19.0 Å². The van der Waals surface area contributed by atoms with Crippen molar-refractivity contribution in [3.63, 3.8) is 0 Å². The minimum Gasteiger partial charge on any atom is -0.491 e. The standard InChI is InChI=1S/C16H24N2O3/c1-11-5-6-14(13(17)7-11)20-10-12-8-18(9-12)15(19)21-16(2,3)4/h5-7,12H,8-10,17H2,1-4H3. The molecule has 1 amide bonds. The van der Waals surface area contributed by atoms with Gasteiger partial charge in [0.05, 0.1) is 12.3 Å². The fraction of sp³-hybridized carbons (Fsp3) is 0.562. The molecule has 0 saturated carbocycles. The maximum absolute atomic E-state index is 11.8. The molecule has 5 nitrogen and oxygen atoms in total. The van der Waals surface area contributed by atoms with Gasteiger partial charge in [0.1, 0.15) is 11.4 Å². The van der Waals surface area contributed by atoms with E-state index in [-0.39, 0.29) is 6.09 Å². The van der Waals surface area contributed by atoms with Crippen molar-refractivity contribution >= 4 is 11.8 Å². The first kappa shape index (κ1) is 15.5. The summed E-state index contributed by atoms with van der Waals surface area (Å²) in [7, 11) is 0. The topological polar surface area (TPSA) is 64.8 Å². The van der Waals surface area contributed by atoms with Crippen LogP contribution in [0, 0.1) is 12.8 Å². The van der Waals surface area contributed by atoms with E-state index in [1.807, 2.05) is 45.9 Å².